The molecule has 0 spiro atoms. The van der Waals surface area contributed by atoms with E-state index < -0.39 is 0 Å². The molecule has 0 fully saturated rings. The minimum absolute atomic E-state index is 0.322. The fourth-order valence-corrected chi connectivity index (χ4v) is 1.03. The molecule has 70 valence electrons. The second-order valence-electron chi connectivity index (χ2n) is 2.73. The largest absolute Gasteiger partial charge is 0.302 e. The van der Waals surface area contributed by atoms with Gasteiger partial charge in [0.05, 0.1) is 18.2 Å². The number of halogens is 1. The molecule has 0 saturated heterocycles. The number of nitriles is 1. The first kappa shape index (κ1) is 10.2. The normalized spacial score (nSPS) is 9.07. The zero-order valence-electron chi connectivity index (χ0n) is 7.55. The molecule has 0 heterocycles. The minimum Gasteiger partial charge on any atom is -0.302 e. The molecule has 0 bridgehead atoms. The van der Waals surface area contributed by atoms with Gasteiger partial charge in [0.2, 0.25) is 0 Å². The number of rotatable bonds is 3. The van der Waals surface area contributed by atoms with E-state index in [9.17, 15) is 4.39 Å². The van der Waals surface area contributed by atoms with Gasteiger partial charge in [0.25, 0.3) is 0 Å². The van der Waals surface area contributed by atoms with E-state index in [4.69, 9.17) is 11.7 Å². The second-order valence-corrected chi connectivity index (χ2v) is 2.73. The maximum atomic E-state index is 13.2. The molecule has 0 aliphatic carbocycles. The zero-order valence-corrected chi connectivity index (χ0v) is 7.55. The highest BCUT2D eigenvalue weighted by molar-refractivity contribution is 5.32. The lowest BCUT2D eigenvalue weighted by atomic mass is 10.1. The number of terminal acetylenes is 1. The molecule has 14 heavy (non-hydrogen) atoms. The van der Waals surface area contributed by atoms with Crippen LogP contribution in [0, 0.1) is 29.5 Å². The van der Waals surface area contributed by atoms with Gasteiger partial charge in [0.1, 0.15) is 5.82 Å². The third-order valence-electron chi connectivity index (χ3n) is 1.72. The summed E-state index contributed by atoms with van der Waals surface area (Å²) in [4.78, 5) is 0. The van der Waals surface area contributed by atoms with Crippen molar-refractivity contribution in [3.05, 3.63) is 35.1 Å². The second kappa shape index (κ2) is 5.01. The predicted molar refractivity (Wildman–Crippen MR) is 51.7 cm³/mol. The SMILES string of the molecule is C#CCNCc1ccc(C#N)cc1F. The molecule has 0 radical (unpaired) electrons. The Morgan fingerprint density at radius 3 is 2.86 bits per heavy atom. The average Bonchev–Trinajstić information content (AvgIpc) is 2.20. The molecule has 2 nitrogen and oxygen atoms in total. The summed E-state index contributed by atoms with van der Waals surface area (Å²) in [5, 5.41) is 11.4. The van der Waals surface area contributed by atoms with Crippen LogP contribution in [0.4, 0.5) is 4.39 Å². The summed E-state index contributed by atoms with van der Waals surface area (Å²) in [5.41, 5.74) is 0.836. The Kier molecular flexibility index (Phi) is 3.67. The molecule has 1 aromatic carbocycles. The van der Waals surface area contributed by atoms with Gasteiger partial charge in [0.15, 0.2) is 0 Å². The number of hydrogen-bond acceptors (Lipinski definition) is 2. The van der Waals surface area contributed by atoms with Gasteiger partial charge in [-0.25, -0.2) is 4.39 Å². The molecule has 0 aliphatic rings. The van der Waals surface area contributed by atoms with Gasteiger partial charge in [0, 0.05) is 12.1 Å². The summed E-state index contributed by atoms with van der Waals surface area (Å²) in [6.07, 6.45) is 5.03. The minimum atomic E-state index is -0.381. The molecular weight excluding hydrogens is 179 g/mol. The van der Waals surface area contributed by atoms with E-state index in [1.807, 2.05) is 6.07 Å². The average molecular weight is 188 g/mol. The van der Waals surface area contributed by atoms with Gasteiger partial charge in [-0.3, -0.25) is 0 Å². The standard InChI is InChI=1S/C11H9FN2/c1-2-5-14-8-10-4-3-9(7-13)6-11(10)12/h1,3-4,6,14H,5,8H2. The first-order chi connectivity index (χ1) is 6.77. The molecule has 1 aromatic rings. The first-order valence-corrected chi connectivity index (χ1v) is 4.10. The van der Waals surface area contributed by atoms with Crippen molar-refractivity contribution in [3.8, 4) is 18.4 Å². The third kappa shape index (κ3) is 2.58. The quantitative estimate of drug-likeness (QED) is 0.575. The Morgan fingerprint density at radius 1 is 1.50 bits per heavy atom. The monoisotopic (exact) mass is 188 g/mol. The molecule has 1 rings (SSSR count). The summed E-state index contributed by atoms with van der Waals surface area (Å²) in [5.74, 6) is 2.01. The lowest BCUT2D eigenvalue weighted by Gasteiger charge is -2.02. The number of nitrogens with one attached hydrogen (secondary N) is 1. The molecule has 3 heteroatoms. The van der Waals surface area contributed by atoms with Gasteiger partial charge in [-0.1, -0.05) is 12.0 Å². The van der Waals surface area contributed by atoms with Crippen molar-refractivity contribution in [2.24, 2.45) is 0 Å². The maximum Gasteiger partial charge on any atom is 0.129 e. The van der Waals surface area contributed by atoms with Crippen LogP contribution in [0.3, 0.4) is 0 Å². The lowest BCUT2D eigenvalue weighted by Crippen LogP contribution is -2.14. The van der Waals surface area contributed by atoms with Crippen LogP contribution in [0.5, 0.6) is 0 Å². The number of benzene rings is 1. The summed E-state index contributed by atoms with van der Waals surface area (Å²) in [7, 11) is 0. The molecule has 1 N–H and O–H groups in total. The molecular formula is C11H9FN2. The van der Waals surface area contributed by atoms with Crippen LogP contribution in [0.1, 0.15) is 11.1 Å². The summed E-state index contributed by atoms with van der Waals surface area (Å²) in [6.45, 7) is 0.779. The van der Waals surface area contributed by atoms with Gasteiger partial charge in [-0.2, -0.15) is 5.26 Å². The van der Waals surface area contributed by atoms with Gasteiger partial charge in [-0.05, 0) is 12.1 Å². The fourth-order valence-electron chi connectivity index (χ4n) is 1.03. The van der Waals surface area contributed by atoms with Gasteiger partial charge >= 0.3 is 0 Å². The van der Waals surface area contributed by atoms with Crippen LogP contribution in [-0.2, 0) is 6.54 Å². The summed E-state index contributed by atoms with van der Waals surface area (Å²) >= 11 is 0. The Morgan fingerprint density at radius 2 is 2.29 bits per heavy atom. The first-order valence-electron chi connectivity index (χ1n) is 4.10. The highest BCUT2D eigenvalue weighted by Gasteiger charge is 2.02. The summed E-state index contributed by atoms with van der Waals surface area (Å²) < 4.78 is 13.2. The Bertz CT molecular complexity index is 399. The van der Waals surface area contributed by atoms with Crippen molar-refractivity contribution >= 4 is 0 Å². The topological polar surface area (TPSA) is 35.8 Å². The molecule has 0 amide bonds. The maximum absolute atomic E-state index is 13.2. The smallest absolute Gasteiger partial charge is 0.129 e. The van der Waals surface area contributed by atoms with Crippen LogP contribution in [0.15, 0.2) is 18.2 Å². The van der Waals surface area contributed by atoms with E-state index >= 15 is 0 Å². The van der Waals surface area contributed by atoms with Crippen molar-refractivity contribution in [1.82, 2.24) is 5.32 Å². The summed E-state index contributed by atoms with van der Waals surface area (Å²) in [6, 6.07) is 6.24. The lowest BCUT2D eigenvalue weighted by molar-refractivity contribution is 0.597. The highest BCUT2D eigenvalue weighted by atomic mass is 19.1. The van der Waals surface area contributed by atoms with Crippen molar-refractivity contribution in [1.29, 1.82) is 5.26 Å². The van der Waals surface area contributed by atoms with E-state index in [0.29, 0.717) is 24.2 Å². The Labute approximate surface area is 82.4 Å². The molecule has 0 unspecified atom stereocenters. The molecule has 0 aromatic heterocycles. The Hall–Kier alpha value is -1.84. The Balaban J connectivity index is 2.71. The van der Waals surface area contributed by atoms with Crippen molar-refractivity contribution < 1.29 is 4.39 Å². The van der Waals surface area contributed by atoms with Crippen LogP contribution < -0.4 is 5.32 Å². The fraction of sp³-hybridized carbons (Fsp3) is 0.182. The van der Waals surface area contributed by atoms with E-state index in [1.165, 1.54) is 6.07 Å². The molecule has 0 saturated carbocycles. The highest BCUT2D eigenvalue weighted by Crippen LogP contribution is 2.09. The van der Waals surface area contributed by atoms with Gasteiger partial charge < -0.3 is 5.32 Å². The van der Waals surface area contributed by atoms with Crippen molar-refractivity contribution in [3.63, 3.8) is 0 Å². The van der Waals surface area contributed by atoms with Gasteiger partial charge in [-0.15, -0.1) is 6.42 Å². The van der Waals surface area contributed by atoms with E-state index in [2.05, 4.69) is 11.2 Å². The molecule has 0 aliphatic heterocycles. The van der Waals surface area contributed by atoms with Crippen LogP contribution in [0.25, 0.3) is 0 Å². The number of nitrogens with zero attached hydrogens (tertiary/aromatic N) is 1. The van der Waals surface area contributed by atoms with E-state index in [-0.39, 0.29) is 5.82 Å². The predicted octanol–water partition coefficient (Wildman–Crippen LogP) is 1.42. The van der Waals surface area contributed by atoms with E-state index in [0.717, 1.165) is 0 Å². The number of hydrogen-bond donors (Lipinski definition) is 1. The van der Waals surface area contributed by atoms with E-state index in [1.54, 1.807) is 12.1 Å². The van der Waals surface area contributed by atoms with Crippen LogP contribution in [-0.4, -0.2) is 6.54 Å². The van der Waals surface area contributed by atoms with Crippen LogP contribution in [0.2, 0.25) is 0 Å². The van der Waals surface area contributed by atoms with Crippen LogP contribution >= 0.6 is 0 Å². The van der Waals surface area contributed by atoms with Crippen molar-refractivity contribution in [2.45, 2.75) is 6.54 Å². The zero-order chi connectivity index (χ0) is 10.4. The molecule has 0 atom stereocenters. The van der Waals surface area contributed by atoms with Crippen molar-refractivity contribution in [2.75, 3.05) is 6.54 Å². The third-order valence-corrected chi connectivity index (χ3v) is 1.72.